The first kappa shape index (κ1) is 11.8. The summed E-state index contributed by atoms with van der Waals surface area (Å²) in [6.45, 7) is -0.916. The van der Waals surface area contributed by atoms with Crippen LogP contribution in [0, 0.1) is 0 Å². The summed E-state index contributed by atoms with van der Waals surface area (Å²) in [6, 6.07) is -2.88. The number of alkyl halides is 2. The molecule has 14 heavy (non-hydrogen) atoms. The van der Waals surface area contributed by atoms with Crippen LogP contribution in [0.25, 0.3) is 0 Å². The molecule has 0 radical (unpaired) electrons. The van der Waals surface area contributed by atoms with Gasteiger partial charge in [0.2, 0.25) is 10.0 Å². The molecule has 0 aromatic heterocycles. The van der Waals surface area contributed by atoms with E-state index in [-0.39, 0.29) is 6.54 Å². The largest absolute Gasteiger partial charge is 0.395 e. The van der Waals surface area contributed by atoms with E-state index < -0.39 is 34.6 Å². The average Bonchev–Trinajstić information content (AvgIpc) is 2.24. The zero-order valence-electron chi connectivity index (χ0n) is 7.50. The van der Waals surface area contributed by atoms with Crippen molar-refractivity contribution in [2.75, 3.05) is 19.4 Å². The summed E-state index contributed by atoms with van der Waals surface area (Å²) in [5.74, 6) is -3.27. The van der Waals surface area contributed by atoms with Gasteiger partial charge in [0.1, 0.15) is 0 Å². The summed E-state index contributed by atoms with van der Waals surface area (Å²) < 4.78 is 49.8. The maximum Gasteiger partial charge on any atom is 0.282 e. The molecule has 0 unspecified atom stereocenters. The minimum atomic E-state index is -3.66. The van der Waals surface area contributed by atoms with E-state index >= 15 is 0 Å². The summed E-state index contributed by atoms with van der Waals surface area (Å²) in [5, 5.41) is 10.9. The van der Waals surface area contributed by atoms with Gasteiger partial charge in [-0.25, -0.2) is 21.9 Å². The van der Waals surface area contributed by atoms with Crippen molar-refractivity contribution in [3.05, 3.63) is 0 Å². The molecule has 0 amide bonds. The van der Waals surface area contributed by atoms with Gasteiger partial charge in [0.05, 0.1) is 24.9 Å². The van der Waals surface area contributed by atoms with Gasteiger partial charge < -0.3 is 10.4 Å². The lowest BCUT2D eigenvalue weighted by Crippen LogP contribution is -2.50. The highest BCUT2D eigenvalue weighted by atomic mass is 32.2. The number of aliphatic hydroxyl groups is 1. The second-order valence-corrected chi connectivity index (χ2v) is 5.04. The maximum absolute atomic E-state index is 13.3. The van der Waals surface area contributed by atoms with Gasteiger partial charge >= 0.3 is 0 Å². The molecular weight excluding hydrogens is 218 g/mol. The molecule has 1 saturated heterocycles. The van der Waals surface area contributed by atoms with E-state index in [2.05, 4.69) is 5.32 Å². The third-order valence-electron chi connectivity index (χ3n) is 2.04. The molecular formula is C6H12F2N2O3S. The second-order valence-electron chi connectivity index (χ2n) is 3.26. The zero-order valence-corrected chi connectivity index (χ0v) is 8.31. The van der Waals surface area contributed by atoms with Crippen molar-refractivity contribution in [3.8, 4) is 0 Å². The van der Waals surface area contributed by atoms with Crippen LogP contribution in [0.1, 0.15) is 0 Å². The Morgan fingerprint density at radius 2 is 2.21 bits per heavy atom. The van der Waals surface area contributed by atoms with Crippen LogP contribution < -0.4 is 10.0 Å². The molecule has 1 aliphatic heterocycles. The highest BCUT2D eigenvalue weighted by Crippen LogP contribution is 2.28. The standard InChI is InChI=1S/C6H12F2N2O3S/c1-14(12,13)10-4-2-9-5(3-11)6(4,7)8/h4-5,9-11H,2-3H2,1H3/t4-,5-/m1/s1. The highest BCUT2D eigenvalue weighted by molar-refractivity contribution is 7.88. The van der Waals surface area contributed by atoms with Crippen molar-refractivity contribution in [2.45, 2.75) is 18.0 Å². The van der Waals surface area contributed by atoms with E-state index in [9.17, 15) is 17.2 Å². The van der Waals surface area contributed by atoms with Gasteiger partial charge in [-0.3, -0.25) is 0 Å². The number of hydrogen-bond acceptors (Lipinski definition) is 4. The van der Waals surface area contributed by atoms with Crippen LogP contribution in [-0.4, -0.2) is 50.9 Å². The Morgan fingerprint density at radius 3 is 2.57 bits per heavy atom. The Bertz CT molecular complexity index is 306. The summed E-state index contributed by atoms with van der Waals surface area (Å²) in [4.78, 5) is 0. The van der Waals surface area contributed by atoms with Crippen LogP contribution in [0.3, 0.4) is 0 Å². The molecule has 5 nitrogen and oxygen atoms in total. The Balaban J connectivity index is 2.74. The average molecular weight is 230 g/mol. The summed E-state index contributed by atoms with van der Waals surface area (Å²) in [7, 11) is -3.66. The molecule has 0 saturated carbocycles. The lowest BCUT2D eigenvalue weighted by atomic mass is 10.1. The van der Waals surface area contributed by atoms with Crippen molar-refractivity contribution >= 4 is 10.0 Å². The third-order valence-corrected chi connectivity index (χ3v) is 2.75. The predicted octanol–water partition coefficient (Wildman–Crippen LogP) is -1.50. The molecule has 2 atom stereocenters. The van der Waals surface area contributed by atoms with Gasteiger partial charge in [-0.2, -0.15) is 0 Å². The SMILES string of the molecule is CS(=O)(=O)N[C@@H]1CN[C@H](CO)C1(F)F. The minimum Gasteiger partial charge on any atom is -0.395 e. The van der Waals surface area contributed by atoms with Gasteiger partial charge in [-0.05, 0) is 0 Å². The molecule has 0 aromatic carbocycles. The molecule has 1 heterocycles. The fourth-order valence-corrected chi connectivity index (χ4v) is 2.10. The van der Waals surface area contributed by atoms with Crippen molar-refractivity contribution in [1.82, 2.24) is 10.0 Å². The van der Waals surface area contributed by atoms with E-state index in [0.717, 1.165) is 6.26 Å². The monoisotopic (exact) mass is 230 g/mol. The van der Waals surface area contributed by atoms with Crippen LogP contribution in [0.2, 0.25) is 0 Å². The second kappa shape index (κ2) is 3.69. The van der Waals surface area contributed by atoms with Gasteiger partial charge in [-0.15, -0.1) is 0 Å². The van der Waals surface area contributed by atoms with Crippen molar-refractivity contribution in [1.29, 1.82) is 0 Å². The normalized spacial score (nSPS) is 32.0. The molecule has 3 N–H and O–H groups in total. The molecule has 8 heteroatoms. The predicted molar refractivity (Wildman–Crippen MR) is 45.6 cm³/mol. The first-order valence-corrected chi connectivity index (χ1v) is 5.86. The van der Waals surface area contributed by atoms with Crippen LogP contribution in [-0.2, 0) is 10.0 Å². The molecule has 1 aliphatic rings. The Kier molecular flexibility index (Phi) is 3.10. The van der Waals surface area contributed by atoms with E-state index in [0.29, 0.717) is 0 Å². The van der Waals surface area contributed by atoms with Gasteiger partial charge in [-0.1, -0.05) is 0 Å². The van der Waals surface area contributed by atoms with Gasteiger partial charge in [0, 0.05) is 6.54 Å². The molecule has 0 aromatic rings. The Hall–Kier alpha value is -0.310. The number of hydrogen-bond donors (Lipinski definition) is 3. The molecule has 84 valence electrons. The van der Waals surface area contributed by atoms with Crippen molar-refractivity contribution in [2.24, 2.45) is 0 Å². The minimum absolute atomic E-state index is 0.189. The molecule has 1 rings (SSSR count). The van der Waals surface area contributed by atoms with E-state index in [1.807, 2.05) is 4.72 Å². The molecule has 0 bridgehead atoms. The van der Waals surface area contributed by atoms with Crippen molar-refractivity contribution in [3.63, 3.8) is 0 Å². The van der Waals surface area contributed by atoms with Crippen molar-refractivity contribution < 1.29 is 22.3 Å². The number of aliphatic hydroxyl groups excluding tert-OH is 1. The Labute approximate surface area is 80.5 Å². The Morgan fingerprint density at radius 1 is 1.64 bits per heavy atom. The van der Waals surface area contributed by atoms with E-state index in [1.165, 1.54) is 0 Å². The third kappa shape index (κ3) is 2.38. The molecule has 0 spiro atoms. The van der Waals surface area contributed by atoms with Crippen LogP contribution in [0.15, 0.2) is 0 Å². The fourth-order valence-electron chi connectivity index (χ4n) is 1.34. The zero-order chi connectivity index (χ0) is 11.0. The lowest BCUT2D eigenvalue weighted by Gasteiger charge is -2.22. The number of nitrogens with one attached hydrogen (secondary N) is 2. The maximum atomic E-state index is 13.3. The summed E-state index contributed by atoms with van der Waals surface area (Å²) in [6.07, 6.45) is 0.815. The van der Waals surface area contributed by atoms with E-state index in [4.69, 9.17) is 5.11 Å². The quantitative estimate of drug-likeness (QED) is 0.551. The first-order chi connectivity index (χ1) is 6.27. The van der Waals surface area contributed by atoms with Gasteiger partial charge in [0.25, 0.3) is 5.92 Å². The van der Waals surface area contributed by atoms with Gasteiger partial charge in [0.15, 0.2) is 0 Å². The molecule has 0 aliphatic carbocycles. The summed E-state index contributed by atoms with van der Waals surface area (Å²) in [5.41, 5.74) is 0. The van der Waals surface area contributed by atoms with Crippen LogP contribution in [0.5, 0.6) is 0 Å². The number of sulfonamides is 1. The smallest absolute Gasteiger partial charge is 0.282 e. The first-order valence-electron chi connectivity index (χ1n) is 3.96. The fraction of sp³-hybridized carbons (Fsp3) is 1.00. The topological polar surface area (TPSA) is 78.4 Å². The van der Waals surface area contributed by atoms with Crippen LogP contribution in [0.4, 0.5) is 8.78 Å². The number of rotatable bonds is 3. The molecule has 1 fully saturated rings. The number of halogens is 2. The van der Waals surface area contributed by atoms with Crippen LogP contribution >= 0.6 is 0 Å². The van der Waals surface area contributed by atoms with E-state index in [1.54, 1.807) is 0 Å². The lowest BCUT2D eigenvalue weighted by molar-refractivity contribution is -0.0421. The summed E-state index contributed by atoms with van der Waals surface area (Å²) >= 11 is 0. The highest BCUT2D eigenvalue weighted by Gasteiger charge is 2.52.